The Morgan fingerprint density at radius 1 is 0.923 bits per heavy atom. The first kappa shape index (κ1) is 18.5. The molecule has 2 aromatic rings. The Morgan fingerprint density at radius 2 is 1.46 bits per heavy atom. The number of carbonyl (C=O) groups excluding carboxylic acids is 2. The Labute approximate surface area is 161 Å². The molecule has 1 heterocycles. The van der Waals surface area contributed by atoms with Crippen LogP contribution in [-0.2, 0) is 6.42 Å². The molecule has 3 rings (SSSR count). The fourth-order valence-corrected chi connectivity index (χ4v) is 3.76. The summed E-state index contributed by atoms with van der Waals surface area (Å²) in [5, 5.41) is 0. The van der Waals surface area contributed by atoms with Crippen molar-refractivity contribution in [2.45, 2.75) is 20.3 Å². The van der Waals surface area contributed by atoms with Gasteiger partial charge in [0.2, 0.25) is 0 Å². The van der Waals surface area contributed by atoms with Crippen molar-refractivity contribution < 1.29 is 19.1 Å². The Morgan fingerprint density at radius 3 is 1.96 bits per heavy atom. The molecular formula is C20H20BrNO4. The number of halogens is 1. The second-order valence-electron chi connectivity index (χ2n) is 6.26. The maximum atomic E-state index is 12.8. The molecule has 0 saturated carbocycles. The lowest BCUT2D eigenvalue weighted by Crippen LogP contribution is -2.32. The molecule has 136 valence electrons. The van der Waals surface area contributed by atoms with Gasteiger partial charge in [-0.3, -0.25) is 14.5 Å². The number of fused-ring (bicyclic) bond motifs is 1. The summed E-state index contributed by atoms with van der Waals surface area (Å²) in [4.78, 5) is 26.9. The number of aryl methyl sites for hydroxylation is 2. The molecule has 0 N–H and O–H groups in total. The molecule has 0 aromatic heterocycles. The molecule has 2 aromatic carbocycles. The molecule has 0 bridgehead atoms. The van der Waals surface area contributed by atoms with Crippen molar-refractivity contribution >= 4 is 27.7 Å². The Balaban J connectivity index is 1.88. The number of hydrogen-bond donors (Lipinski definition) is 0. The average molecular weight is 418 g/mol. The summed E-state index contributed by atoms with van der Waals surface area (Å²) in [6.07, 6.45) is 0.483. The summed E-state index contributed by atoms with van der Waals surface area (Å²) in [6.45, 7) is 4.00. The minimum atomic E-state index is -0.228. The van der Waals surface area contributed by atoms with Gasteiger partial charge in [0.1, 0.15) is 11.5 Å². The van der Waals surface area contributed by atoms with Crippen LogP contribution >= 0.6 is 15.9 Å². The highest BCUT2D eigenvalue weighted by molar-refractivity contribution is 9.10. The largest absolute Gasteiger partial charge is 0.496 e. The summed E-state index contributed by atoms with van der Waals surface area (Å²) < 4.78 is 11.5. The zero-order valence-electron chi connectivity index (χ0n) is 15.2. The predicted molar refractivity (Wildman–Crippen MR) is 102 cm³/mol. The third-order valence-corrected chi connectivity index (χ3v) is 5.32. The van der Waals surface area contributed by atoms with Crippen LogP contribution in [0.3, 0.4) is 0 Å². The fraction of sp³-hybridized carbons (Fsp3) is 0.300. The minimum Gasteiger partial charge on any atom is -0.496 e. The van der Waals surface area contributed by atoms with Gasteiger partial charge in [-0.2, -0.15) is 0 Å². The van der Waals surface area contributed by atoms with E-state index in [1.165, 1.54) is 4.90 Å². The number of hydrogen-bond acceptors (Lipinski definition) is 4. The SMILES string of the molecule is COc1cc(CCN2C(=O)c3c(C)ccc(C)c3C2=O)c(OC)cc1Br. The first-order valence-electron chi connectivity index (χ1n) is 8.25. The highest BCUT2D eigenvalue weighted by Gasteiger charge is 2.37. The summed E-state index contributed by atoms with van der Waals surface area (Å²) in [5.41, 5.74) is 3.58. The number of carbonyl (C=O) groups is 2. The van der Waals surface area contributed by atoms with Crippen LogP contribution in [0.15, 0.2) is 28.7 Å². The van der Waals surface area contributed by atoms with E-state index in [4.69, 9.17) is 9.47 Å². The molecule has 5 nitrogen and oxygen atoms in total. The standard InChI is InChI=1S/C20H20BrNO4/c1-11-5-6-12(2)18-17(11)19(23)22(20(18)24)8-7-13-9-16(26-4)14(21)10-15(13)25-3/h5-6,9-10H,7-8H2,1-4H3. The summed E-state index contributed by atoms with van der Waals surface area (Å²) in [6, 6.07) is 7.44. The van der Waals surface area contributed by atoms with E-state index in [1.54, 1.807) is 14.2 Å². The molecule has 0 spiro atoms. The van der Waals surface area contributed by atoms with E-state index in [0.29, 0.717) is 29.0 Å². The van der Waals surface area contributed by atoms with Gasteiger partial charge < -0.3 is 9.47 Å². The lowest BCUT2D eigenvalue weighted by Gasteiger charge is -2.16. The zero-order chi connectivity index (χ0) is 19.0. The van der Waals surface area contributed by atoms with Gasteiger partial charge in [0.05, 0.1) is 29.8 Å². The number of ether oxygens (including phenoxy) is 2. The van der Waals surface area contributed by atoms with Gasteiger partial charge >= 0.3 is 0 Å². The lowest BCUT2D eigenvalue weighted by molar-refractivity contribution is 0.0655. The van der Waals surface area contributed by atoms with Crippen molar-refractivity contribution in [1.29, 1.82) is 0 Å². The van der Waals surface area contributed by atoms with Crippen LogP contribution in [0.2, 0.25) is 0 Å². The lowest BCUT2D eigenvalue weighted by atomic mass is 9.99. The number of imide groups is 1. The van der Waals surface area contributed by atoms with Crippen LogP contribution in [0.5, 0.6) is 11.5 Å². The topological polar surface area (TPSA) is 55.8 Å². The Kier molecular flexibility index (Phi) is 5.05. The number of rotatable bonds is 5. The molecular weight excluding hydrogens is 398 g/mol. The van der Waals surface area contributed by atoms with Gasteiger partial charge in [0, 0.05) is 6.54 Å². The van der Waals surface area contributed by atoms with Crippen LogP contribution in [0.25, 0.3) is 0 Å². The highest BCUT2D eigenvalue weighted by atomic mass is 79.9. The van der Waals surface area contributed by atoms with Gasteiger partial charge in [0.25, 0.3) is 11.8 Å². The third kappa shape index (κ3) is 2.98. The summed E-state index contributed by atoms with van der Waals surface area (Å²) in [7, 11) is 3.18. The van der Waals surface area contributed by atoms with Gasteiger partial charge in [0.15, 0.2) is 0 Å². The highest BCUT2D eigenvalue weighted by Crippen LogP contribution is 2.34. The fourth-order valence-electron chi connectivity index (χ4n) is 3.28. The molecule has 0 saturated heterocycles. The summed E-state index contributed by atoms with van der Waals surface area (Å²) in [5.74, 6) is 0.903. The molecule has 0 aliphatic carbocycles. The van der Waals surface area contributed by atoms with E-state index < -0.39 is 0 Å². The molecule has 6 heteroatoms. The maximum absolute atomic E-state index is 12.8. The van der Waals surface area contributed by atoms with Crippen LogP contribution in [0.4, 0.5) is 0 Å². The van der Waals surface area contributed by atoms with Gasteiger partial charge in [-0.05, 0) is 65.0 Å². The first-order chi connectivity index (χ1) is 12.4. The Hall–Kier alpha value is -2.34. The normalized spacial score (nSPS) is 13.2. The molecule has 0 unspecified atom stereocenters. The van der Waals surface area contributed by atoms with E-state index in [9.17, 15) is 9.59 Å². The van der Waals surface area contributed by atoms with Crippen molar-refractivity contribution in [2.75, 3.05) is 20.8 Å². The maximum Gasteiger partial charge on any atom is 0.261 e. The number of methoxy groups -OCH3 is 2. The molecule has 1 aliphatic heterocycles. The third-order valence-electron chi connectivity index (χ3n) is 4.70. The van der Waals surface area contributed by atoms with Crippen LogP contribution in [0, 0.1) is 13.8 Å². The van der Waals surface area contributed by atoms with E-state index in [-0.39, 0.29) is 18.4 Å². The molecule has 1 aliphatic rings. The average Bonchev–Trinajstić information content (AvgIpc) is 2.88. The molecule has 0 radical (unpaired) electrons. The van der Waals surface area contributed by atoms with Crippen molar-refractivity contribution in [1.82, 2.24) is 4.90 Å². The quantitative estimate of drug-likeness (QED) is 0.691. The predicted octanol–water partition coefficient (Wildman–Crippen LogP) is 3.92. The smallest absolute Gasteiger partial charge is 0.261 e. The van der Waals surface area contributed by atoms with Gasteiger partial charge in [-0.1, -0.05) is 12.1 Å². The van der Waals surface area contributed by atoms with Crippen LogP contribution in [0.1, 0.15) is 37.4 Å². The molecule has 0 fully saturated rings. The van der Waals surface area contributed by atoms with Crippen LogP contribution < -0.4 is 9.47 Å². The van der Waals surface area contributed by atoms with Crippen molar-refractivity contribution in [3.05, 3.63) is 56.6 Å². The number of nitrogens with zero attached hydrogens (tertiary/aromatic N) is 1. The van der Waals surface area contributed by atoms with E-state index in [0.717, 1.165) is 21.2 Å². The first-order valence-corrected chi connectivity index (χ1v) is 9.05. The van der Waals surface area contributed by atoms with E-state index in [2.05, 4.69) is 15.9 Å². The number of amides is 2. The number of benzene rings is 2. The monoisotopic (exact) mass is 417 g/mol. The molecule has 26 heavy (non-hydrogen) atoms. The van der Waals surface area contributed by atoms with Crippen molar-refractivity contribution in [3.63, 3.8) is 0 Å². The second kappa shape index (κ2) is 7.11. The Bertz CT molecular complexity index is 866. The van der Waals surface area contributed by atoms with Crippen molar-refractivity contribution in [3.8, 4) is 11.5 Å². The van der Waals surface area contributed by atoms with E-state index in [1.807, 2.05) is 38.1 Å². The molecule has 2 amide bonds. The van der Waals surface area contributed by atoms with Crippen LogP contribution in [-0.4, -0.2) is 37.5 Å². The summed E-state index contributed by atoms with van der Waals surface area (Å²) >= 11 is 3.43. The van der Waals surface area contributed by atoms with Gasteiger partial charge in [-0.25, -0.2) is 0 Å². The van der Waals surface area contributed by atoms with Gasteiger partial charge in [-0.15, -0.1) is 0 Å². The van der Waals surface area contributed by atoms with E-state index >= 15 is 0 Å². The molecule has 0 atom stereocenters. The zero-order valence-corrected chi connectivity index (χ0v) is 16.8. The van der Waals surface area contributed by atoms with Crippen molar-refractivity contribution in [2.24, 2.45) is 0 Å². The second-order valence-corrected chi connectivity index (χ2v) is 7.11. The minimum absolute atomic E-state index is 0.228.